The van der Waals surface area contributed by atoms with Crippen molar-refractivity contribution in [1.82, 2.24) is 10.3 Å². The van der Waals surface area contributed by atoms with Gasteiger partial charge < -0.3 is 5.32 Å². The predicted molar refractivity (Wildman–Crippen MR) is 117 cm³/mol. The van der Waals surface area contributed by atoms with Gasteiger partial charge in [0.2, 0.25) is 0 Å². The molecule has 3 aromatic rings. The first-order valence-corrected chi connectivity index (χ1v) is 9.95. The summed E-state index contributed by atoms with van der Waals surface area (Å²) in [5.74, 6) is -0.228. The second-order valence-electron chi connectivity index (χ2n) is 6.20. The number of benzene rings is 2. The van der Waals surface area contributed by atoms with Crippen molar-refractivity contribution >= 4 is 39.7 Å². The minimum Gasteiger partial charge on any atom is -0.308 e. The summed E-state index contributed by atoms with van der Waals surface area (Å²) in [6.07, 6.45) is 1.01. The summed E-state index contributed by atoms with van der Waals surface area (Å²) in [6.45, 7) is 6.06. The summed E-state index contributed by atoms with van der Waals surface area (Å²) in [5.41, 5.74) is 4.81. The molecule has 0 atom stereocenters. The summed E-state index contributed by atoms with van der Waals surface area (Å²) in [6, 6.07) is 15.8. The topological polar surface area (TPSA) is 54.0 Å². The van der Waals surface area contributed by atoms with E-state index in [-0.39, 0.29) is 11.0 Å². The van der Waals surface area contributed by atoms with E-state index in [0.29, 0.717) is 10.7 Å². The summed E-state index contributed by atoms with van der Waals surface area (Å²) >= 11 is 6.79. The van der Waals surface area contributed by atoms with E-state index in [0.717, 1.165) is 28.1 Å². The van der Waals surface area contributed by atoms with E-state index in [1.807, 2.05) is 32.0 Å². The van der Waals surface area contributed by atoms with E-state index < -0.39 is 0 Å². The average Bonchev–Trinajstić information content (AvgIpc) is 3.02. The van der Waals surface area contributed by atoms with Gasteiger partial charge in [-0.25, -0.2) is 4.98 Å². The molecule has 1 aromatic heterocycles. The van der Waals surface area contributed by atoms with Gasteiger partial charge in [0.05, 0.1) is 5.69 Å². The Labute approximate surface area is 168 Å². The van der Waals surface area contributed by atoms with Gasteiger partial charge in [0.1, 0.15) is 0 Å². The Bertz CT molecular complexity index is 977. The number of aromatic nitrogens is 1. The molecule has 0 saturated carbocycles. The highest BCUT2D eigenvalue weighted by molar-refractivity contribution is 7.80. The quantitative estimate of drug-likeness (QED) is 0.602. The average molecular weight is 396 g/mol. The monoisotopic (exact) mass is 395 g/mol. The standard InChI is InChI=1S/C21H21N3OS2/c1-4-15-9-11-16(12-10-15)18-14(3)27-21(22-18)24-20(26)23-19(25)17-8-6-5-7-13(17)2/h5-12H,4H2,1-3H3,(H2,22,23,24,25,26). The molecule has 138 valence electrons. The molecule has 0 aliphatic heterocycles. The van der Waals surface area contributed by atoms with Crippen LogP contribution in [0.25, 0.3) is 11.3 Å². The lowest BCUT2D eigenvalue weighted by atomic mass is 10.1. The first-order chi connectivity index (χ1) is 13.0. The van der Waals surface area contributed by atoms with Crippen molar-refractivity contribution in [3.8, 4) is 11.3 Å². The number of thiocarbonyl (C=S) groups is 1. The number of carbonyl (C=O) groups excluding carboxylic acids is 1. The summed E-state index contributed by atoms with van der Waals surface area (Å²) in [5, 5.41) is 6.64. The van der Waals surface area contributed by atoms with Crippen molar-refractivity contribution in [2.24, 2.45) is 0 Å². The van der Waals surface area contributed by atoms with Crippen LogP contribution >= 0.6 is 23.6 Å². The van der Waals surface area contributed by atoms with Crippen LogP contribution in [0, 0.1) is 13.8 Å². The molecule has 2 N–H and O–H groups in total. The first-order valence-electron chi connectivity index (χ1n) is 8.72. The van der Waals surface area contributed by atoms with Gasteiger partial charge in [-0.05, 0) is 49.7 Å². The highest BCUT2D eigenvalue weighted by Gasteiger charge is 2.13. The SMILES string of the molecule is CCc1ccc(-c2nc(NC(=S)NC(=O)c3ccccc3C)sc2C)cc1. The maximum Gasteiger partial charge on any atom is 0.257 e. The molecule has 1 amide bonds. The van der Waals surface area contributed by atoms with Gasteiger partial charge in [-0.2, -0.15) is 0 Å². The molecule has 0 unspecified atom stereocenters. The largest absolute Gasteiger partial charge is 0.308 e. The van der Waals surface area contributed by atoms with E-state index in [1.165, 1.54) is 16.9 Å². The Kier molecular flexibility index (Phi) is 5.98. The molecule has 0 spiro atoms. The number of amides is 1. The molecular formula is C21H21N3OS2. The number of anilines is 1. The van der Waals surface area contributed by atoms with Gasteiger partial charge in [-0.1, -0.05) is 49.4 Å². The van der Waals surface area contributed by atoms with E-state index in [4.69, 9.17) is 12.2 Å². The summed E-state index contributed by atoms with van der Waals surface area (Å²) in [7, 11) is 0. The Hall–Kier alpha value is -2.57. The fourth-order valence-corrected chi connectivity index (χ4v) is 3.84. The van der Waals surface area contributed by atoms with E-state index in [2.05, 4.69) is 46.8 Å². The van der Waals surface area contributed by atoms with E-state index in [9.17, 15) is 4.79 Å². The molecule has 1 heterocycles. The number of nitrogens with one attached hydrogen (secondary N) is 2. The maximum atomic E-state index is 12.4. The number of nitrogens with zero attached hydrogens (tertiary/aromatic N) is 1. The Balaban J connectivity index is 1.70. The minimum absolute atomic E-state index is 0.228. The van der Waals surface area contributed by atoms with Crippen LogP contribution in [0.5, 0.6) is 0 Å². The van der Waals surface area contributed by atoms with Crippen LogP contribution in [-0.4, -0.2) is 16.0 Å². The van der Waals surface area contributed by atoms with Crippen molar-refractivity contribution in [3.63, 3.8) is 0 Å². The van der Waals surface area contributed by atoms with Gasteiger partial charge in [0, 0.05) is 16.0 Å². The smallest absolute Gasteiger partial charge is 0.257 e. The normalized spacial score (nSPS) is 10.5. The summed E-state index contributed by atoms with van der Waals surface area (Å²) < 4.78 is 0. The fourth-order valence-electron chi connectivity index (χ4n) is 2.74. The lowest BCUT2D eigenvalue weighted by Gasteiger charge is -2.08. The maximum absolute atomic E-state index is 12.4. The van der Waals surface area contributed by atoms with Crippen molar-refractivity contribution in [3.05, 3.63) is 70.1 Å². The molecule has 0 aliphatic carbocycles. The van der Waals surface area contributed by atoms with Crippen LogP contribution in [0.2, 0.25) is 0 Å². The van der Waals surface area contributed by atoms with Crippen molar-refractivity contribution in [2.45, 2.75) is 27.2 Å². The second-order valence-corrected chi connectivity index (χ2v) is 7.81. The lowest BCUT2D eigenvalue weighted by Crippen LogP contribution is -2.34. The number of aryl methyl sites for hydroxylation is 3. The number of hydrogen-bond donors (Lipinski definition) is 2. The van der Waals surface area contributed by atoms with Crippen LogP contribution in [0.3, 0.4) is 0 Å². The zero-order valence-corrected chi connectivity index (χ0v) is 17.1. The third-order valence-electron chi connectivity index (χ3n) is 4.27. The van der Waals surface area contributed by atoms with Gasteiger partial charge in [-0.3, -0.25) is 10.1 Å². The molecule has 0 radical (unpaired) electrons. The molecule has 0 saturated heterocycles. The number of rotatable bonds is 4. The van der Waals surface area contributed by atoms with Crippen LogP contribution in [0.15, 0.2) is 48.5 Å². The molecule has 0 bridgehead atoms. The number of carbonyl (C=O) groups is 1. The summed E-state index contributed by atoms with van der Waals surface area (Å²) in [4.78, 5) is 18.1. The molecule has 0 aliphatic rings. The highest BCUT2D eigenvalue weighted by Crippen LogP contribution is 2.30. The van der Waals surface area contributed by atoms with Gasteiger partial charge in [0.25, 0.3) is 5.91 Å². The highest BCUT2D eigenvalue weighted by atomic mass is 32.1. The molecule has 0 fully saturated rings. The van der Waals surface area contributed by atoms with Crippen LogP contribution in [-0.2, 0) is 6.42 Å². The molecular weight excluding hydrogens is 374 g/mol. The predicted octanol–water partition coefficient (Wildman–Crippen LogP) is 5.12. The molecule has 27 heavy (non-hydrogen) atoms. The number of hydrogen-bond acceptors (Lipinski definition) is 4. The molecule has 6 heteroatoms. The molecule has 3 rings (SSSR count). The zero-order chi connectivity index (χ0) is 19.4. The molecule has 4 nitrogen and oxygen atoms in total. The van der Waals surface area contributed by atoms with Crippen LogP contribution < -0.4 is 10.6 Å². The Morgan fingerprint density at radius 1 is 1.11 bits per heavy atom. The van der Waals surface area contributed by atoms with Crippen LogP contribution in [0.1, 0.15) is 33.3 Å². The van der Waals surface area contributed by atoms with E-state index in [1.54, 1.807) is 6.07 Å². The lowest BCUT2D eigenvalue weighted by molar-refractivity contribution is 0.0977. The van der Waals surface area contributed by atoms with E-state index >= 15 is 0 Å². The molecule has 2 aromatic carbocycles. The van der Waals surface area contributed by atoms with Crippen molar-refractivity contribution < 1.29 is 4.79 Å². The van der Waals surface area contributed by atoms with Crippen molar-refractivity contribution in [2.75, 3.05) is 5.32 Å². The first kappa shape index (κ1) is 19.2. The second kappa shape index (κ2) is 8.41. The fraction of sp³-hybridized carbons (Fsp3) is 0.190. The van der Waals surface area contributed by atoms with Gasteiger partial charge in [0.15, 0.2) is 10.2 Å². The van der Waals surface area contributed by atoms with Gasteiger partial charge in [-0.15, -0.1) is 11.3 Å². The van der Waals surface area contributed by atoms with Gasteiger partial charge >= 0.3 is 0 Å². The van der Waals surface area contributed by atoms with Crippen LogP contribution in [0.4, 0.5) is 5.13 Å². The Morgan fingerprint density at radius 2 is 1.81 bits per heavy atom. The zero-order valence-electron chi connectivity index (χ0n) is 15.5. The Morgan fingerprint density at radius 3 is 2.48 bits per heavy atom. The van der Waals surface area contributed by atoms with Crippen molar-refractivity contribution in [1.29, 1.82) is 0 Å². The third-order valence-corrected chi connectivity index (χ3v) is 5.36. The number of thiazole rings is 1. The minimum atomic E-state index is -0.228. The third kappa shape index (κ3) is 4.59.